The Hall–Kier alpha value is -2.44. The zero-order valence-corrected chi connectivity index (χ0v) is 15.6. The number of halogens is 1. The number of hydrogen-bond donors (Lipinski definition) is 2. The lowest BCUT2D eigenvalue weighted by atomic mass is 10.1. The van der Waals surface area contributed by atoms with E-state index in [4.69, 9.17) is 16.3 Å². The lowest BCUT2D eigenvalue weighted by molar-refractivity contribution is 0.102. The van der Waals surface area contributed by atoms with Crippen LogP contribution in [0.3, 0.4) is 0 Å². The zero-order valence-electron chi connectivity index (χ0n) is 14.8. The van der Waals surface area contributed by atoms with Crippen LogP contribution in [0.2, 0.25) is 5.02 Å². The maximum absolute atomic E-state index is 12.5. The van der Waals surface area contributed by atoms with Gasteiger partial charge in [-0.2, -0.15) is 0 Å². The Labute approximate surface area is 157 Å². The van der Waals surface area contributed by atoms with Gasteiger partial charge in [0.05, 0.1) is 17.8 Å². The minimum absolute atomic E-state index is 0.0509. The Balaban J connectivity index is 1.80. The number of phenols is 1. The number of rotatable bonds is 4. The first kappa shape index (κ1) is 18.4. The molecule has 0 atom stereocenters. The Bertz CT molecular complexity index is 805. The Morgan fingerprint density at radius 2 is 1.88 bits per heavy atom. The molecule has 1 amide bonds. The SMILES string of the molecule is COc1ccc(NC(=O)c2ccc(O)c(Cl)c2)cc1N1CCN(C)CC1. The van der Waals surface area contributed by atoms with Gasteiger partial charge in [0.2, 0.25) is 0 Å². The van der Waals surface area contributed by atoms with Crippen LogP contribution in [0.1, 0.15) is 10.4 Å². The maximum atomic E-state index is 12.5. The van der Waals surface area contributed by atoms with Gasteiger partial charge in [-0.3, -0.25) is 4.79 Å². The van der Waals surface area contributed by atoms with E-state index in [-0.39, 0.29) is 16.7 Å². The molecule has 26 heavy (non-hydrogen) atoms. The average Bonchev–Trinajstić information content (AvgIpc) is 2.64. The largest absolute Gasteiger partial charge is 0.506 e. The number of nitrogens with one attached hydrogen (secondary N) is 1. The molecule has 0 spiro atoms. The minimum Gasteiger partial charge on any atom is -0.506 e. The Morgan fingerprint density at radius 1 is 1.15 bits per heavy atom. The van der Waals surface area contributed by atoms with E-state index in [1.165, 1.54) is 18.2 Å². The fourth-order valence-electron chi connectivity index (χ4n) is 2.91. The lowest BCUT2D eigenvalue weighted by Gasteiger charge is -2.34. The number of amides is 1. The maximum Gasteiger partial charge on any atom is 0.255 e. The van der Waals surface area contributed by atoms with E-state index in [1.54, 1.807) is 13.2 Å². The summed E-state index contributed by atoms with van der Waals surface area (Å²) in [5, 5.41) is 12.5. The molecule has 7 heteroatoms. The molecule has 1 saturated heterocycles. The highest BCUT2D eigenvalue weighted by Crippen LogP contribution is 2.32. The fraction of sp³-hybridized carbons (Fsp3) is 0.316. The Morgan fingerprint density at radius 3 is 2.54 bits per heavy atom. The first-order valence-electron chi connectivity index (χ1n) is 8.39. The Kier molecular flexibility index (Phi) is 5.54. The van der Waals surface area contributed by atoms with Gasteiger partial charge in [-0.15, -0.1) is 0 Å². The topological polar surface area (TPSA) is 65.0 Å². The van der Waals surface area contributed by atoms with Gasteiger partial charge in [0.1, 0.15) is 11.5 Å². The van der Waals surface area contributed by atoms with E-state index in [2.05, 4.69) is 22.2 Å². The number of benzene rings is 2. The van der Waals surface area contributed by atoms with Crippen molar-refractivity contribution in [2.45, 2.75) is 0 Å². The van der Waals surface area contributed by atoms with Crippen LogP contribution in [-0.4, -0.2) is 56.3 Å². The molecular formula is C19H22ClN3O3. The number of hydrogen-bond acceptors (Lipinski definition) is 5. The van der Waals surface area contributed by atoms with Crippen LogP contribution >= 0.6 is 11.6 Å². The molecule has 1 heterocycles. The van der Waals surface area contributed by atoms with E-state index in [9.17, 15) is 9.90 Å². The van der Waals surface area contributed by atoms with Gasteiger partial charge in [-0.25, -0.2) is 0 Å². The van der Waals surface area contributed by atoms with Crippen molar-refractivity contribution in [3.05, 3.63) is 47.0 Å². The normalized spacial score (nSPS) is 15.0. The minimum atomic E-state index is -0.290. The van der Waals surface area contributed by atoms with Crippen molar-refractivity contribution in [3.8, 4) is 11.5 Å². The number of likely N-dealkylation sites (N-methyl/N-ethyl adjacent to an activating group) is 1. The highest BCUT2D eigenvalue weighted by atomic mass is 35.5. The van der Waals surface area contributed by atoms with Crippen LogP contribution in [-0.2, 0) is 0 Å². The third-order valence-corrected chi connectivity index (χ3v) is 4.79. The highest BCUT2D eigenvalue weighted by molar-refractivity contribution is 6.32. The summed E-state index contributed by atoms with van der Waals surface area (Å²) >= 11 is 5.88. The summed E-state index contributed by atoms with van der Waals surface area (Å²) in [4.78, 5) is 17.0. The van der Waals surface area contributed by atoms with Gasteiger partial charge >= 0.3 is 0 Å². The standard InChI is InChI=1S/C19H22ClN3O3/c1-22-7-9-23(10-8-22)16-12-14(4-6-18(16)26-2)21-19(25)13-3-5-17(24)15(20)11-13/h3-6,11-12,24H,7-10H2,1-2H3,(H,21,25). The van der Waals surface area contributed by atoms with Crippen LogP contribution in [0.15, 0.2) is 36.4 Å². The predicted octanol–water partition coefficient (Wildman–Crippen LogP) is 3.06. The van der Waals surface area contributed by atoms with Crippen molar-refractivity contribution in [1.29, 1.82) is 0 Å². The number of ether oxygens (including phenoxy) is 1. The van der Waals surface area contributed by atoms with E-state index >= 15 is 0 Å². The van der Waals surface area contributed by atoms with E-state index < -0.39 is 0 Å². The molecule has 6 nitrogen and oxygen atoms in total. The first-order chi connectivity index (χ1) is 12.5. The third kappa shape index (κ3) is 4.03. The van der Waals surface area contributed by atoms with E-state index in [0.29, 0.717) is 11.3 Å². The lowest BCUT2D eigenvalue weighted by Crippen LogP contribution is -2.44. The second-order valence-electron chi connectivity index (χ2n) is 6.30. The van der Waals surface area contributed by atoms with Crippen LogP contribution in [0.5, 0.6) is 11.5 Å². The van der Waals surface area contributed by atoms with Crippen LogP contribution < -0.4 is 15.0 Å². The number of methoxy groups -OCH3 is 1. The molecule has 1 aliphatic heterocycles. The van der Waals surface area contributed by atoms with Gasteiger partial charge in [-0.05, 0) is 43.4 Å². The van der Waals surface area contributed by atoms with Crippen LogP contribution in [0.25, 0.3) is 0 Å². The molecule has 0 bridgehead atoms. The van der Waals surface area contributed by atoms with Gasteiger partial charge in [0.15, 0.2) is 0 Å². The summed E-state index contributed by atoms with van der Waals surface area (Å²) in [6.07, 6.45) is 0. The number of phenolic OH excluding ortho intramolecular Hbond substituents is 1. The number of nitrogens with zero attached hydrogens (tertiary/aromatic N) is 2. The van der Waals surface area contributed by atoms with Crippen molar-refractivity contribution in [2.24, 2.45) is 0 Å². The van der Waals surface area contributed by atoms with Crippen LogP contribution in [0.4, 0.5) is 11.4 Å². The van der Waals surface area contributed by atoms with Crippen molar-refractivity contribution in [1.82, 2.24) is 4.90 Å². The van der Waals surface area contributed by atoms with Crippen molar-refractivity contribution < 1.29 is 14.6 Å². The van der Waals surface area contributed by atoms with E-state index in [0.717, 1.165) is 37.6 Å². The molecule has 0 saturated carbocycles. The van der Waals surface area contributed by atoms with Gasteiger partial charge in [-0.1, -0.05) is 11.6 Å². The smallest absolute Gasteiger partial charge is 0.255 e. The second-order valence-corrected chi connectivity index (χ2v) is 6.70. The molecule has 1 aliphatic rings. The summed E-state index contributed by atoms with van der Waals surface area (Å²) in [6, 6.07) is 9.95. The second kappa shape index (κ2) is 7.85. The molecule has 0 radical (unpaired) electrons. The van der Waals surface area contributed by atoms with Crippen molar-refractivity contribution in [2.75, 3.05) is 50.6 Å². The average molecular weight is 376 g/mol. The monoisotopic (exact) mass is 375 g/mol. The summed E-state index contributed by atoms with van der Waals surface area (Å²) in [7, 11) is 3.75. The summed E-state index contributed by atoms with van der Waals surface area (Å²) in [6.45, 7) is 3.76. The third-order valence-electron chi connectivity index (χ3n) is 4.49. The van der Waals surface area contributed by atoms with Crippen molar-refractivity contribution in [3.63, 3.8) is 0 Å². The molecule has 2 aromatic rings. The van der Waals surface area contributed by atoms with Gasteiger partial charge in [0.25, 0.3) is 5.91 Å². The number of aromatic hydroxyl groups is 1. The predicted molar refractivity (Wildman–Crippen MR) is 104 cm³/mol. The zero-order chi connectivity index (χ0) is 18.7. The molecule has 0 aromatic heterocycles. The molecule has 3 rings (SSSR count). The number of carbonyl (C=O) groups excluding carboxylic acids is 1. The van der Waals surface area contributed by atoms with E-state index in [1.807, 2.05) is 12.1 Å². The first-order valence-corrected chi connectivity index (χ1v) is 8.77. The molecular weight excluding hydrogens is 354 g/mol. The molecule has 2 N–H and O–H groups in total. The molecule has 0 aliphatic carbocycles. The van der Waals surface area contributed by atoms with Gasteiger partial charge < -0.3 is 25.0 Å². The number of carbonyl (C=O) groups is 1. The molecule has 2 aromatic carbocycles. The number of anilines is 2. The van der Waals surface area contributed by atoms with Gasteiger partial charge in [0, 0.05) is 37.4 Å². The summed E-state index contributed by atoms with van der Waals surface area (Å²) in [5.41, 5.74) is 2.01. The number of piperazine rings is 1. The fourth-order valence-corrected chi connectivity index (χ4v) is 3.09. The van der Waals surface area contributed by atoms with Crippen molar-refractivity contribution >= 4 is 28.9 Å². The summed E-state index contributed by atoms with van der Waals surface area (Å²) < 4.78 is 5.49. The molecule has 0 unspecified atom stereocenters. The highest BCUT2D eigenvalue weighted by Gasteiger charge is 2.19. The summed E-state index contributed by atoms with van der Waals surface area (Å²) in [5.74, 6) is 0.437. The van der Waals surface area contributed by atoms with Crippen LogP contribution in [0, 0.1) is 0 Å². The molecule has 1 fully saturated rings. The molecule has 138 valence electrons. The quantitative estimate of drug-likeness (QED) is 0.859.